The molecule has 0 bridgehead atoms. The molecular formula is C44H31N3Se. The van der Waals surface area contributed by atoms with Crippen LogP contribution < -0.4 is 0 Å². The van der Waals surface area contributed by atoms with Crippen LogP contribution in [0.2, 0.25) is 0 Å². The number of fused-ring (bicyclic) bond motifs is 4. The van der Waals surface area contributed by atoms with Crippen LogP contribution in [-0.4, -0.2) is 29.9 Å². The number of nitrogens with zero attached hydrogens (tertiary/aromatic N) is 3. The Labute approximate surface area is 286 Å². The average Bonchev–Trinajstić information content (AvgIpc) is 3.72. The molecule has 3 nitrogen and oxygen atoms in total. The zero-order valence-electron chi connectivity index (χ0n) is 26.7. The molecule has 0 saturated carbocycles. The van der Waals surface area contributed by atoms with Crippen molar-refractivity contribution in [1.82, 2.24) is 15.4 Å². The van der Waals surface area contributed by atoms with E-state index < -0.39 is 0 Å². The Bertz CT molecular complexity index is 2480. The van der Waals surface area contributed by atoms with Gasteiger partial charge in [-0.15, -0.1) is 0 Å². The normalized spacial score (nSPS) is 11.9. The van der Waals surface area contributed by atoms with Gasteiger partial charge in [0.1, 0.15) is 0 Å². The van der Waals surface area contributed by atoms with Gasteiger partial charge in [-0.1, -0.05) is 0 Å². The van der Waals surface area contributed by atoms with Gasteiger partial charge in [0.15, 0.2) is 0 Å². The number of rotatable bonds is 5. The predicted molar refractivity (Wildman–Crippen MR) is 199 cm³/mol. The number of aromatic nitrogens is 3. The SMILES string of the molecule is Cc1c(C)c(-c2ccccc2)c2c(c1-c1nnnc(-c3ccccc3)c1-c1[se]c3ccccc3c1-c1ccccc1)Cc1ccccc1-2. The van der Waals surface area contributed by atoms with E-state index in [1.807, 2.05) is 0 Å². The van der Waals surface area contributed by atoms with E-state index in [9.17, 15) is 0 Å². The van der Waals surface area contributed by atoms with E-state index in [0.717, 1.165) is 28.9 Å². The first-order valence-electron chi connectivity index (χ1n) is 16.3. The van der Waals surface area contributed by atoms with Crippen molar-refractivity contribution in [3.63, 3.8) is 0 Å². The molecule has 4 heteroatoms. The summed E-state index contributed by atoms with van der Waals surface area (Å²) in [5.41, 5.74) is 18.0. The van der Waals surface area contributed by atoms with E-state index in [1.165, 1.54) is 75.3 Å². The molecule has 0 radical (unpaired) electrons. The summed E-state index contributed by atoms with van der Waals surface area (Å²) in [6.07, 6.45) is 0.849. The van der Waals surface area contributed by atoms with Gasteiger partial charge in [-0.2, -0.15) is 0 Å². The van der Waals surface area contributed by atoms with Crippen LogP contribution in [0.3, 0.4) is 0 Å². The maximum atomic E-state index is 5.03. The maximum absolute atomic E-state index is 5.03. The van der Waals surface area contributed by atoms with Crippen molar-refractivity contribution in [3.05, 3.63) is 162 Å². The van der Waals surface area contributed by atoms with Crippen molar-refractivity contribution in [2.24, 2.45) is 0 Å². The topological polar surface area (TPSA) is 38.7 Å². The number of benzene rings is 6. The van der Waals surface area contributed by atoms with Gasteiger partial charge in [-0.25, -0.2) is 0 Å². The standard InChI is InChI=1S/C44H31N3Se/c1-27-28(2)38(35-26-32-22-12-13-23-33(32)40(35)37(27)29-16-6-3-7-17-29)43-41(42(45-47-46-43)31-20-10-5-11-21-31)44-39(30-18-8-4-9-19-30)34-24-14-15-25-36(34)48-44/h3-25H,26H2,1-2H3. The van der Waals surface area contributed by atoms with Gasteiger partial charge in [-0.3, -0.25) is 0 Å². The third-order valence-corrected chi connectivity index (χ3v) is 12.3. The van der Waals surface area contributed by atoms with Crippen LogP contribution >= 0.6 is 0 Å². The van der Waals surface area contributed by atoms with Crippen molar-refractivity contribution >= 4 is 24.1 Å². The fourth-order valence-corrected chi connectivity index (χ4v) is 10.2. The Morgan fingerprint density at radius 1 is 0.479 bits per heavy atom. The van der Waals surface area contributed by atoms with Crippen LogP contribution in [0.1, 0.15) is 22.3 Å². The second kappa shape index (κ2) is 11.7. The van der Waals surface area contributed by atoms with Gasteiger partial charge in [0.05, 0.1) is 0 Å². The molecule has 0 saturated heterocycles. The Morgan fingerprint density at radius 2 is 1.04 bits per heavy atom. The molecule has 6 aromatic carbocycles. The van der Waals surface area contributed by atoms with Crippen molar-refractivity contribution in [2.45, 2.75) is 20.3 Å². The van der Waals surface area contributed by atoms with Crippen LogP contribution in [0, 0.1) is 13.8 Å². The van der Waals surface area contributed by atoms with Gasteiger partial charge in [-0.05, 0) is 0 Å². The van der Waals surface area contributed by atoms with Crippen molar-refractivity contribution in [3.8, 4) is 65.9 Å². The van der Waals surface area contributed by atoms with E-state index >= 15 is 0 Å². The average molecular weight is 681 g/mol. The summed E-state index contributed by atoms with van der Waals surface area (Å²) in [5.74, 6) is 0. The molecule has 1 aliphatic rings. The zero-order valence-corrected chi connectivity index (χ0v) is 28.4. The fourth-order valence-electron chi connectivity index (χ4n) is 7.56. The van der Waals surface area contributed by atoms with Crippen molar-refractivity contribution in [1.29, 1.82) is 0 Å². The molecule has 1 aliphatic carbocycles. The predicted octanol–water partition coefficient (Wildman–Crippen LogP) is 10.6. The number of hydrogen-bond acceptors (Lipinski definition) is 3. The van der Waals surface area contributed by atoms with Gasteiger partial charge in [0.25, 0.3) is 0 Å². The van der Waals surface area contributed by atoms with Crippen LogP contribution in [0.25, 0.3) is 75.5 Å². The Hall–Kier alpha value is -5.41. The molecule has 48 heavy (non-hydrogen) atoms. The van der Waals surface area contributed by atoms with Crippen LogP contribution in [0.4, 0.5) is 0 Å². The molecule has 0 spiro atoms. The van der Waals surface area contributed by atoms with Gasteiger partial charge in [0.2, 0.25) is 0 Å². The quantitative estimate of drug-likeness (QED) is 0.170. The molecular weight excluding hydrogens is 649 g/mol. The van der Waals surface area contributed by atoms with Crippen molar-refractivity contribution < 1.29 is 0 Å². The Morgan fingerprint density at radius 3 is 1.77 bits per heavy atom. The first kappa shape index (κ1) is 28.8. The summed E-state index contributed by atoms with van der Waals surface area (Å²) in [6.45, 7) is 4.55. The monoisotopic (exact) mass is 681 g/mol. The zero-order chi connectivity index (χ0) is 32.2. The molecule has 228 valence electrons. The molecule has 0 amide bonds. The molecule has 0 unspecified atom stereocenters. The first-order valence-corrected chi connectivity index (χ1v) is 18.1. The molecule has 9 rings (SSSR count). The second-order valence-electron chi connectivity index (χ2n) is 12.4. The third kappa shape index (κ3) is 4.52. The first-order chi connectivity index (χ1) is 23.7. The minimum absolute atomic E-state index is 0.0316. The molecule has 2 heterocycles. The van der Waals surface area contributed by atoms with Crippen LogP contribution in [0.15, 0.2) is 140 Å². The summed E-state index contributed by atoms with van der Waals surface area (Å²) in [4.78, 5) is 0. The summed E-state index contributed by atoms with van der Waals surface area (Å²) in [6, 6.07) is 50.0. The molecule has 8 aromatic rings. The minimum atomic E-state index is 0.0316. The number of hydrogen-bond donors (Lipinski definition) is 0. The van der Waals surface area contributed by atoms with E-state index in [4.69, 9.17) is 10.2 Å². The van der Waals surface area contributed by atoms with E-state index in [2.05, 4.69) is 159 Å². The van der Waals surface area contributed by atoms with Crippen LogP contribution in [-0.2, 0) is 6.42 Å². The van der Waals surface area contributed by atoms with Gasteiger partial charge in [0, 0.05) is 0 Å². The fraction of sp³-hybridized carbons (Fsp3) is 0.0682. The van der Waals surface area contributed by atoms with Gasteiger partial charge >= 0.3 is 288 Å². The Kier molecular flexibility index (Phi) is 7.00. The molecule has 0 fully saturated rings. The molecule has 2 aromatic heterocycles. The molecule has 0 N–H and O–H groups in total. The molecule has 0 atom stereocenters. The van der Waals surface area contributed by atoms with Gasteiger partial charge < -0.3 is 0 Å². The van der Waals surface area contributed by atoms with E-state index in [1.54, 1.807) is 0 Å². The van der Waals surface area contributed by atoms with E-state index in [-0.39, 0.29) is 14.5 Å². The molecule has 0 aliphatic heterocycles. The van der Waals surface area contributed by atoms with E-state index in [0.29, 0.717) is 0 Å². The summed E-state index contributed by atoms with van der Waals surface area (Å²) in [7, 11) is 0. The Balaban J connectivity index is 1.43. The third-order valence-electron chi connectivity index (χ3n) is 9.81. The van der Waals surface area contributed by atoms with Crippen LogP contribution in [0.5, 0.6) is 0 Å². The summed E-state index contributed by atoms with van der Waals surface area (Å²) < 4.78 is 2.69. The summed E-state index contributed by atoms with van der Waals surface area (Å²) >= 11 is 0.0316. The van der Waals surface area contributed by atoms with Crippen molar-refractivity contribution in [2.75, 3.05) is 0 Å². The summed E-state index contributed by atoms with van der Waals surface area (Å²) in [5, 5.41) is 15.7. The second-order valence-corrected chi connectivity index (χ2v) is 14.7.